The number of aliphatic carboxylic acids is 1. The van der Waals surface area contributed by atoms with Crippen LogP contribution >= 0.6 is 23.2 Å². The van der Waals surface area contributed by atoms with Gasteiger partial charge in [0.25, 0.3) is 0 Å². The van der Waals surface area contributed by atoms with E-state index in [4.69, 9.17) is 37.4 Å². The summed E-state index contributed by atoms with van der Waals surface area (Å²) in [4.78, 5) is 24.0. The lowest BCUT2D eigenvalue weighted by atomic mass is 9.93. The number of rotatable bonds is 5. The van der Waals surface area contributed by atoms with Crippen LogP contribution in [0.1, 0.15) is 28.4 Å². The second-order valence-electron chi connectivity index (χ2n) is 8.56. The molecule has 8 nitrogen and oxygen atoms in total. The number of nitrogens with zero attached hydrogens (tertiary/aromatic N) is 1. The second kappa shape index (κ2) is 9.79. The van der Waals surface area contributed by atoms with Crippen molar-refractivity contribution < 1.29 is 34.0 Å². The summed E-state index contributed by atoms with van der Waals surface area (Å²) in [6, 6.07) is 15.2. The molecule has 3 aromatic carbocycles. The van der Waals surface area contributed by atoms with Crippen LogP contribution < -0.4 is 14.2 Å². The van der Waals surface area contributed by atoms with E-state index < -0.39 is 18.1 Å². The van der Waals surface area contributed by atoms with Crippen LogP contribution in [-0.2, 0) is 24.4 Å². The monoisotopic (exact) mass is 529 g/mol. The molecule has 0 radical (unpaired) electrons. The maximum Gasteiger partial charge on any atom is 0.408 e. The molecule has 0 saturated carbocycles. The van der Waals surface area contributed by atoms with E-state index in [0.29, 0.717) is 39.5 Å². The number of carboxylic acid groups (broad SMARTS) is 2. The fourth-order valence-corrected chi connectivity index (χ4v) is 4.63. The predicted octanol–water partition coefficient (Wildman–Crippen LogP) is 5.57. The number of carbonyl (C=O) groups is 2. The Kier molecular flexibility index (Phi) is 6.55. The first-order valence-electron chi connectivity index (χ1n) is 11.1. The molecule has 0 aromatic heterocycles. The minimum Gasteiger partial charge on any atom is -0.489 e. The number of amides is 1. The van der Waals surface area contributed by atoms with Gasteiger partial charge in [-0.1, -0.05) is 41.4 Å². The normalized spacial score (nSPS) is 18.3. The van der Waals surface area contributed by atoms with E-state index in [-0.39, 0.29) is 25.7 Å². The van der Waals surface area contributed by atoms with Crippen LogP contribution in [0.4, 0.5) is 4.79 Å². The molecule has 10 heteroatoms. The second-order valence-corrected chi connectivity index (χ2v) is 9.37. The van der Waals surface area contributed by atoms with Crippen LogP contribution in [0.3, 0.4) is 0 Å². The van der Waals surface area contributed by atoms with E-state index in [2.05, 4.69) is 0 Å². The van der Waals surface area contributed by atoms with Crippen LogP contribution in [0, 0.1) is 0 Å². The smallest absolute Gasteiger partial charge is 0.408 e. The first kappa shape index (κ1) is 24.1. The quantitative estimate of drug-likeness (QED) is 0.444. The van der Waals surface area contributed by atoms with E-state index >= 15 is 0 Å². The highest BCUT2D eigenvalue weighted by Gasteiger charge is 2.36. The van der Waals surface area contributed by atoms with Crippen molar-refractivity contribution in [1.82, 2.24) is 4.90 Å². The minimum absolute atomic E-state index is 0.0339. The summed E-state index contributed by atoms with van der Waals surface area (Å²) in [6.07, 6.45) is -1.58. The highest BCUT2D eigenvalue weighted by atomic mass is 35.5. The Balaban J connectivity index is 1.27. The summed E-state index contributed by atoms with van der Waals surface area (Å²) >= 11 is 12.0. The summed E-state index contributed by atoms with van der Waals surface area (Å²) in [5, 5.41) is 19.8. The Morgan fingerprint density at radius 3 is 2.42 bits per heavy atom. The van der Waals surface area contributed by atoms with Gasteiger partial charge in [0.1, 0.15) is 25.0 Å². The molecule has 5 rings (SSSR count). The topological polar surface area (TPSA) is 106 Å². The Bertz CT molecular complexity index is 1330. The summed E-state index contributed by atoms with van der Waals surface area (Å²) in [5.41, 5.74) is 3.22. The molecule has 2 aliphatic heterocycles. The Hall–Kier alpha value is -3.62. The third-order valence-electron chi connectivity index (χ3n) is 6.23. The lowest BCUT2D eigenvalue weighted by molar-refractivity contribution is -0.143. The fraction of sp³-hybridized carbons (Fsp3) is 0.231. The van der Waals surface area contributed by atoms with Gasteiger partial charge in [-0.15, -0.1) is 0 Å². The van der Waals surface area contributed by atoms with E-state index in [1.165, 1.54) is 0 Å². The van der Waals surface area contributed by atoms with Gasteiger partial charge in [-0.3, -0.25) is 4.90 Å². The molecule has 0 fully saturated rings. The lowest BCUT2D eigenvalue weighted by Gasteiger charge is -2.34. The standard InChI is InChI=1S/C26H21Cl2NO7/c27-19-6-1-14(7-20(19)28)12-34-18-4-2-15(3-5-18)24-13-35-22-9-16-8-21(25(30)31)29(26(32)33)11-17(16)10-23(22)36-24/h1-7,9-10,21,24H,8,11-13H2,(H,30,31)(H,32,33)/t21-,24+/m0/s1. The molecule has 2 heterocycles. The summed E-state index contributed by atoms with van der Waals surface area (Å²) in [6.45, 7) is 0.584. The van der Waals surface area contributed by atoms with Crippen molar-refractivity contribution in [2.75, 3.05) is 6.61 Å². The predicted molar refractivity (Wildman–Crippen MR) is 131 cm³/mol. The zero-order chi connectivity index (χ0) is 25.4. The van der Waals surface area contributed by atoms with Gasteiger partial charge < -0.3 is 24.4 Å². The first-order chi connectivity index (χ1) is 17.3. The number of hydrogen-bond donors (Lipinski definition) is 2. The first-order valence-corrected chi connectivity index (χ1v) is 11.9. The average molecular weight is 530 g/mol. The van der Waals surface area contributed by atoms with Crippen molar-refractivity contribution in [1.29, 1.82) is 0 Å². The molecular formula is C26H21Cl2NO7. The van der Waals surface area contributed by atoms with E-state index in [1.807, 2.05) is 30.3 Å². The van der Waals surface area contributed by atoms with Crippen molar-refractivity contribution in [2.45, 2.75) is 31.7 Å². The van der Waals surface area contributed by atoms with Gasteiger partial charge in [-0.25, -0.2) is 9.59 Å². The van der Waals surface area contributed by atoms with Crippen molar-refractivity contribution in [2.24, 2.45) is 0 Å². The number of fused-ring (bicyclic) bond motifs is 2. The van der Waals surface area contributed by atoms with Gasteiger partial charge in [0, 0.05) is 6.42 Å². The summed E-state index contributed by atoms with van der Waals surface area (Å²) in [7, 11) is 0. The zero-order valence-corrected chi connectivity index (χ0v) is 20.3. The third kappa shape index (κ3) is 4.87. The molecule has 3 aromatic rings. The average Bonchev–Trinajstić information content (AvgIpc) is 2.87. The number of halogens is 2. The Labute approximate surface area is 216 Å². The molecule has 1 amide bonds. The van der Waals surface area contributed by atoms with Crippen LogP contribution in [0.2, 0.25) is 10.0 Å². The van der Waals surface area contributed by atoms with Crippen LogP contribution in [0.15, 0.2) is 54.6 Å². The fourth-order valence-electron chi connectivity index (χ4n) is 4.31. The minimum atomic E-state index is -1.28. The van der Waals surface area contributed by atoms with Gasteiger partial charge in [0.15, 0.2) is 17.6 Å². The molecule has 186 valence electrons. The van der Waals surface area contributed by atoms with E-state index in [9.17, 15) is 19.8 Å². The van der Waals surface area contributed by atoms with E-state index in [0.717, 1.165) is 21.6 Å². The molecule has 0 bridgehead atoms. The number of carboxylic acids is 1. The third-order valence-corrected chi connectivity index (χ3v) is 6.97. The van der Waals surface area contributed by atoms with Gasteiger partial charge in [0.05, 0.1) is 16.6 Å². The zero-order valence-electron chi connectivity index (χ0n) is 18.8. The van der Waals surface area contributed by atoms with Crippen LogP contribution in [0.25, 0.3) is 0 Å². The van der Waals surface area contributed by atoms with Crippen molar-refractivity contribution in [3.05, 3.63) is 86.9 Å². The molecule has 0 unspecified atom stereocenters. The summed E-state index contributed by atoms with van der Waals surface area (Å²) in [5.74, 6) is 0.503. The largest absolute Gasteiger partial charge is 0.489 e. The van der Waals surface area contributed by atoms with Gasteiger partial charge in [-0.2, -0.15) is 0 Å². The number of benzene rings is 3. The molecular weight excluding hydrogens is 509 g/mol. The van der Waals surface area contributed by atoms with Crippen molar-refractivity contribution >= 4 is 35.3 Å². The molecule has 2 aliphatic rings. The van der Waals surface area contributed by atoms with Crippen LogP contribution in [0.5, 0.6) is 17.2 Å². The Morgan fingerprint density at radius 2 is 1.72 bits per heavy atom. The van der Waals surface area contributed by atoms with E-state index in [1.54, 1.807) is 24.3 Å². The lowest BCUT2D eigenvalue weighted by Crippen LogP contribution is -2.48. The number of ether oxygens (including phenoxy) is 3. The number of hydrogen-bond acceptors (Lipinski definition) is 5. The maximum atomic E-state index is 11.6. The Morgan fingerprint density at radius 1 is 0.972 bits per heavy atom. The van der Waals surface area contributed by atoms with Gasteiger partial charge in [-0.05, 0) is 58.7 Å². The van der Waals surface area contributed by atoms with Crippen molar-refractivity contribution in [3.8, 4) is 17.2 Å². The molecule has 0 spiro atoms. The molecule has 36 heavy (non-hydrogen) atoms. The van der Waals surface area contributed by atoms with Crippen LogP contribution in [-0.4, -0.2) is 39.8 Å². The molecule has 0 aliphatic carbocycles. The van der Waals surface area contributed by atoms with Crippen molar-refractivity contribution in [3.63, 3.8) is 0 Å². The maximum absolute atomic E-state index is 11.6. The summed E-state index contributed by atoms with van der Waals surface area (Å²) < 4.78 is 17.9. The molecule has 2 atom stereocenters. The highest BCUT2D eigenvalue weighted by molar-refractivity contribution is 6.42. The molecule has 2 N–H and O–H groups in total. The van der Waals surface area contributed by atoms with Gasteiger partial charge >= 0.3 is 12.1 Å². The molecule has 0 saturated heterocycles. The SMILES string of the molecule is O=C(O)[C@@H]1Cc2cc3c(cc2CN1C(=O)O)O[C@@H](c1ccc(OCc2ccc(Cl)c(Cl)c2)cc1)CO3. The highest BCUT2D eigenvalue weighted by Crippen LogP contribution is 2.41. The van der Waals surface area contributed by atoms with Gasteiger partial charge in [0.2, 0.25) is 0 Å².